The summed E-state index contributed by atoms with van der Waals surface area (Å²) in [5, 5.41) is 4.34. The van der Waals surface area contributed by atoms with Crippen LogP contribution in [0.15, 0.2) is 35.6 Å². The van der Waals surface area contributed by atoms with Crippen molar-refractivity contribution in [3.05, 3.63) is 41.7 Å². The zero-order chi connectivity index (χ0) is 15.5. The van der Waals surface area contributed by atoms with E-state index < -0.39 is 0 Å². The molecule has 22 heavy (non-hydrogen) atoms. The van der Waals surface area contributed by atoms with Gasteiger partial charge in [-0.3, -0.25) is 0 Å². The molecule has 5 nitrogen and oxygen atoms in total. The van der Waals surface area contributed by atoms with Gasteiger partial charge in [-0.1, -0.05) is 19.1 Å². The molecule has 0 unspecified atom stereocenters. The first-order valence-corrected chi connectivity index (χ1v) is 7.82. The minimum atomic E-state index is 0.410. The van der Waals surface area contributed by atoms with Gasteiger partial charge in [-0.15, -0.1) is 0 Å². The Morgan fingerprint density at radius 3 is 2.50 bits per heavy atom. The first-order valence-electron chi connectivity index (χ1n) is 7.82. The molecule has 1 aliphatic rings. The molecule has 2 heterocycles. The van der Waals surface area contributed by atoms with Crippen LogP contribution in [0.4, 0.5) is 11.6 Å². The third kappa shape index (κ3) is 3.30. The number of hydrogen-bond acceptors (Lipinski definition) is 4. The van der Waals surface area contributed by atoms with E-state index in [0.29, 0.717) is 5.95 Å². The van der Waals surface area contributed by atoms with Gasteiger partial charge in [0.1, 0.15) is 0 Å². The third-order valence-electron chi connectivity index (χ3n) is 4.21. The molecule has 0 saturated carbocycles. The van der Waals surface area contributed by atoms with Gasteiger partial charge in [0.2, 0.25) is 5.95 Å². The van der Waals surface area contributed by atoms with E-state index in [2.05, 4.69) is 46.2 Å². The molecule has 0 atom stereocenters. The molecule has 1 fully saturated rings. The molecule has 0 spiro atoms. The Morgan fingerprint density at radius 1 is 1.23 bits per heavy atom. The number of benzene rings is 1. The van der Waals surface area contributed by atoms with E-state index in [4.69, 9.17) is 5.73 Å². The lowest BCUT2D eigenvalue weighted by atomic mass is 9.99. The Labute approximate surface area is 131 Å². The minimum Gasteiger partial charge on any atom is -0.372 e. The van der Waals surface area contributed by atoms with Gasteiger partial charge >= 0.3 is 0 Å². The molecule has 2 N–H and O–H groups in total. The first-order chi connectivity index (χ1) is 10.6. The summed E-state index contributed by atoms with van der Waals surface area (Å²) in [7, 11) is 0. The molecule has 3 rings (SSSR count). The molecule has 0 bridgehead atoms. The van der Waals surface area contributed by atoms with E-state index in [1.54, 1.807) is 10.9 Å². The Balaban J connectivity index is 1.68. The minimum absolute atomic E-state index is 0.410. The number of rotatable bonds is 3. The van der Waals surface area contributed by atoms with Crippen LogP contribution in [0.3, 0.4) is 0 Å². The van der Waals surface area contributed by atoms with E-state index in [0.717, 1.165) is 30.3 Å². The summed E-state index contributed by atoms with van der Waals surface area (Å²) >= 11 is 0. The van der Waals surface area contributed by atoms with Gasteiger partial charge in [-0.05, 0) is 43.4 Å². The van der Waals surface area contributed by atoms with Crippen molar-refractivity contribution >= 4 is 17.9 Å². The summed E-state index contributed by atoms with van der Waals surface area (Å²) in [6.07, 6.45) is 6.18. The lowest BCUT2D eigenvalue weighted by Crippen LogP contribution is -2.32. The Bertz CT molecular complexity index is 648. The Morgan fingerprint density at radius 2 is 1.91 bits per heavy atom. The molecule has 5 heteroatoms. The molecule has 1 aromatic carbocycles. The highest BCUT2D eigenvalue weighted by molar-refractivity contribution is 5.80. The second-order valence-electron chi connectivity index (χ2n) is 6.09. The van der Waals surface area contributed by atoms with E-state index in [1.807, 2.05) is 13.1 Å². The first kappa shape index (κ1) is 14.6. The van der Waals surface area contributed by atoms with Crippen LogP contribution in [0.5, 0.6) is 0 Å². The molecule has 2 aromatic rings. The monoisotopic (exact) mass is 297 g/mol. The number of imidazole rings is 1. The number of aromatic nitrogens is 2. The largest absolute Gasteiger partial charge is 0.372 e. The molecule has 1 saturated heterocycles. The molecular formula is C17H23N5. The molecule has 116 valence electrons. The fraction of sp³-hybridized carbons (Fsp3) is 0.412. The average molecular weight is 297 g/mol. The topological polar surface area (TPSA) is 59.4 Å². The van der Waals surface area contributed by atoms with Crippen LogP contribution in [-0.2, 0) is 0 Å². The lowest BCUT2D eigenvalue weighted by Gasteiger charge is -2.32. The van der Waals surface area contributed by atoms with Crippen LogP contribution in [0.2, 0.25) is 0 Å². The van der Waals surface area contributed by atoms with Gasteiger partial charge in [-0.25, -0.2) is 9.66 Å². The summed E-state index contributed by atoms with van der Waals surface area (Å²) in [4.78, 5) is 6.58. The van der Waals surface area contributed by atoms with Gasteiger partial charge in [0, 0.05) is 18.8 Å². The highest BCUT2D eigenvalue weighted by Crippen LogP contribution is 2.22. The zero-order valence-corrected chi connectivity index (χ0v) is 13.2. The van der Waals surface area contributed by atoms with Gasteiger partial charge in [0.05, 0.1) is 18.1 Å². The quantitative estimate of drug-likeness (QED) is 0.886. The van der Waals surface area contributed by atoms with Crippen LogP contribution >= 0.6 is 0 Å². The molecule has 1 aliphatic heterocycles. The van der Waals surface area contributed by atoms with E-state index >= 15 is 0 Å². The molecule has 1 aromatic heterocycles. The average Bonchev–Trinajstić information content (AvgIpc) is 2.84. The second-order valence-corrected chi connectivity index (χ2v) is 6.09. The summed E-state index contributed by atoms with van der Waals surface area (Å²) in [5.74, 6) is 1.26. The number of hydrogen-bond donors (Lipinski definition) is 1. The van der Waals surface area contributed by atoms with Crippen LogP contribution in [-0.4, -0.2) is 29.0 Å². The van der Waals surface area contributed by atoms with Gasteiger partial charge < -0.3 is 10.6 Å². The predicted octanol–water partition coefficient (Wildman–Crippen LogP) is 2.89. The van der Waals surface area contributed by atoms with Crippen molar-refractivity contribution in [1.82, 2.24) is 9.66 Å². The van der Waals surface area contributed by atoms with Crippen molar-refractivity contribution in [2.24, 2.45) is 11.0 Å². The molecule has 0 aliphatic carbocycles. The van der Waals surface area contributed by atoms with Crippen molar-refractivity contribution in [1.29, 1.82) is 0 Å². The number of nitrogens with two attached hydrogens (primary N) is 1. The smallest absolute Gasteiger partial charge is 0.221 e. The van der Waals surface area contributed by atoms with Gasteiger partial charge in [0.15, 0.2) is 0 Å². The number of nitrogens with zero attached hydrogens (tertiary/aromatic N) is 4. The summed E-state index contributed by atoms with van der Waals surface area (Å²) in [5.41, 5.74) is 8.98. The Kier molecular flexibility index (Phi) is 4.13. The molecular weight excluding hydrogens is 274 g/mol. The maximum atomic E-state index is 5.77. The number of anilines is 2. The second kappa shape index (κ2) is 6.22. The normalized spacial score (nSPS) is 16.5. The van der Waals surface area contributed by atoms with Crippen molar-refractivity contribution < 1.29 is 0 Å². The Hall–Kier alpha value is -2.30. The van der Waals surface area contributed by atoms with E-state index in [1.165, 1.54) is 18.5 Å². The van der Waals surface area contributed by atoms with E-state index in [-0.39, 0.29) is 0 Å². The third-order valence-corrected chi connectivity index (χ3v) is 4.21. The highest BCUT2D eigenvalue weighted by atomic mass is 15.4. The van der Waals surface area contributed by atoms with Gasteiger partial charge in [-0.2, -0.15) is 5.10 Å². The van der Waals surface area contributed by atoms with Crippen LogP contribution in [0, 0.1) is 12.8 Å². The van der Waals surface area contributed by atoms with Crippen LogP contribution in [0.25, 0.3) is 0 Å². The van der Waals surface area contributed by atoms with Crippen molar-refractivity contribution in [2.45, 2.75) is 26.7 Å². The summed E-state index contributed by atoms with van der Waals surface area (Å²) < 4.78 is 1.59. The number of piperidine rings is 1. The summed E-state index contributed by atoms with van der Waals surface area (Å²) in [6.45, 7) is 6.54. The SMILES string of the molecule is Cc1cn(N=Cc2ccc(N3CCC(C)CC3)cc2)c(N)n1. The van der Waals surface area contributed by atoms with Crippen molar-refractivity contribution in [3.8, 4) is 0 Å². The summed E-state index contributed by atoms with van der Waals surface area (Å²) in [6, 6.07) is 8.52. The van der Waals surface area contributed by atoms with Crippen LogP contribution < -0.4 is 10.6 Å². The predicted molar refractivity (Wildman–Crippen MR) is 91.4 cm³/mol. The van der Waals surface area contributed by atoms with Crippen LogP contribution in [0.1, 0.15) is 31.0 Å². The maximum absolute atomic E-state index is 5.77. The number of nitrogen functional groups attached to an aromatic ring is 1. The molecule has 0 amide bonds. The standard InChI is InChI=1S/C17H23N5/c1-13-7-9-21(10-8-13)16-5-3-15(4-6-16)11-19-22-12-14(2)20-17(22)18/h3-6,11-13H,7-10H2,1-2H3,(H2,18,20). The highest BCUT2D eigenvalue weighted by Gasteiger charge is 2.15. The maximum Gasteiger partial charge on any atom is 0.221 e. The molecule has 0 radical (unpaired) electrons. The van der Waals surface area contributed by atoms with E-state index in [9.17, 15) is 0 Å². The fourth-order valence-electron chi connectivity index (χ4n) is 2.76. The van der Waals surface area contributed by atoms with Crippen molar-refractivity contribution in [3.63, 3.8) is 0 Å². The zero-order valence-electron chi connectivity index (χ0n) is 13.2. The number of aryl methyl sites for hydroxylation is 1. The van der Waals surface area contributed by atoms with Gasteiger partial charge in [0.25, 0.3) is 0 Å². The van der Waals surface area contributed by atoms with Crippen molar-refractivity contribution in [2.75, 3.05) is 23.7 Å². The lowest BCUT2D eigenvalue weighted by molar-refractivity contribution is 0.438. The fourth-order valence-corrected chi connectivity index (χ4v) is 2.76.